The van der Waals surface area contributed by atoms with Crippen LogP contribution in [0.2, 0.25) is 0 Å². The molecule has 82 valence electrons. The molecule has 0 spiro atoms. The Morgan fingerprint density at radius 1 is 1.50 bits per heavy atom. The lowest BCUT2D eigenvalue weighted by molar-refractivity contribution is -0.159. The quantitative estimate of drug-likeness (QED) is 0.492. The highest BCUT2D eigenvalue weighted by Gasteiger charge is 2.23. The van der Waals surface area contributed by atoms with Crippen LogP contribution < -0.4 is 5.48 Å². The van der Waals surface area contributed by atoms with Gasteiger partial charge in [0.15, 0.2) is 0 Å². The molecule has 0 saturated carbocycles. The largest absolute Gasteiger partial charge is 0.349 e. The molecule has 0 fully saturated rings. The summed E-state index contributed by atoms with van der Waals surface area (Å²) in [4.78, 5) is 27.6. The van der Waals surface area contributed by atoms with Crippen LogP contribution in [0.4, 0.5) is 0 Å². The fourth-order valence-electron chi connectivity index (χ4n) is 1.11. The third-order valence-electron chi connectivity index (χ3n) is 1.80. The van der Waals surface area contributed by atoms with E-state index in [9.17, 15) is 9.59 Å². The Balaban J connectivity index is 4.18. The van der Waals surface area contributed by atoms with E-state index >= 15 is 0 Å². The van der Waals surface area contributed by atoms with E-state index in [0.717, 1.165) is 0 Å². The Labute approximate surface area is 84.4 Å². The first-order valence-electron chi connectivity index (χ1n) is 4.55. The van der Waals surface area contributed by atoms with Crippen molar-refractivity contribution in [2.75, 3.05) is 14.1 Å². The zero-order valence-electron chi connectivity index (χ0n) is 9.11. The lowest BCUT2D eigenvalue weighted by atomic mass is 10.0. The van der Waals surface area contributed by atoms with Crippen LogP contribution in [0.3, 0.4) is 0 Å². The van der Waals surface area contributed by atoms with E-state index in [1.807, 2.05) is 19.3 Å². The molecule has 0 aromatic rings. The van der Waals surface area contributed by atoms with Crippen LogP contribution in [-0.2, 0) is 14.4 Å². The average Bonchev–Trinajstić information content (AvgIpc) is 2.09. The van der Waals surface area contributed by atoms with E-state index in [0.29, 0.717) is 18.7 Å². The van der Waals surface area contributed by atoms with Gasteiger partial charge in [-0.15, -0.1) is 0 Å². The molecule has 0 heterocycles. The molecule has 0 aromatic heterocycles. The molecule has 0 aromatic carbocycles. The number of nitrogens with zero attached hydrogens (tertiary/aromatic N) is 1. The Hall–Kier alpha value is -1.10. The predicted octanol–water partition coefficient (Wildman–Crippen LogP) is 0.167. The summed E-state index contributed by atoms with van der Waals surface area (Å²) in [5.41, 5.74) is 1.90. The van der Waals surface area contributed by atoms with E-state index < -0.39 is 5.97 Å². The Morgan fingerprint density at radius 3 is 2.43 bits per heavy atom. The standard InChI is InChI=1S/C9H18N2O3/c1-7(2)5-8(11(3)4)9(13)14-10-6-12/h6-8H,5H2,1-4H3,(H,10,12)/t8-/m0/s1. The van der Waals surface area contributed by atoms with E-state index in [2.05, 4.69) is 4.84 Å². The number of likely N-dealkylation sites (N-methyl/N-ethyl adjacent to an activating group) is 1. The van der Waals surface area contributed by atoms with Crippen molar-refractivity contribution >= 4 is 12.4 Å². The van der Waals surface area contributed by atoms with Gasteiger partial charge >= 0.3 is 5.97 Å². The van der Waals surface area contributed by atoms with Gasteiger partial charge in [0.05, 0.1) is 0 Å². The molecule has 1 atom stereocenters. The maximum atomic E-state index is 11.4. The van der Waals surface area contributed by atoms with E-state index in [-0.39, 0.29) is 6.04 Å². The summed E-state index contributed by atoms with van der Waals surface area (Å²) < 4.78 is 0. The molecule has 14 heavy (non-hydrogen) atoms. The van der Waals surface area contributed by atoms with Crippen molar-refractivity contribution in [3.8, 4) is 0 Å². The summed E-state index contributed by atoms with van der Waals surface area (Å²) in [5, 5.41) is 0. The van der Waals surface area contributed by atoms with Gasteiger partial charge in [-0.25, -0.2) is 4.79 Å². The van der Waals surface area contributed by atoms with Gasteiger partial charge in [0.25, 0.3) is 0 Å². The minimum absolute atomic E-state index is 0.317. The average molecular weight is 202 g/mol. The summed E-state index contributed by atoms with van der Waals surface area (Å²) in [6, 6.07) is -0.317. The second-order valence-corrected chi connectivity index (χ2v) is 3.77. The molecule has 0 aliphatic carbocycles. The van der Waals surface area contributed by atoms with Crippen molar-refractivity contribution in [2.45, 2.75) is 26.3 Å². The molecule has 5 nitrogen and oxygen atoms in total. The molecule has 0 bridgehead atoms. The highest BCUT2D eigenvalue weighted by Crippen LogP contribution is 2.09. The Morgan fingerprint density at radius 2 is 2.07 bits per heavy atom. The monoisotopic (exact) mass is 202 g/mol. The van der Waals surface area contributed by atoms with Crippen LogP contribution in [-0.4, -0.2) is 37.4 Å². The number of hydroxylamine groups is 1. The van der Waals surface area contributed by atoms with Gasteiger partial charge in [-0.3, -0.25) is 9.69 Å². The van der Waals surface area contributed by atoms with Crippen LogP contribution >= 0.6 is 0 Å². The summed E-state index contributed by atoms with van der Waals surface area (Å²) in [5.74, 6) is -0.0398. The second-order valence-electron chi connectivity index (χ2n) is 3.77. The number of hydrogen-bond acceptors (Lipinski definition) is 4. The highest BCUT2D eigenvalue weighted by molar-refractivity contribution is 5.76. The van der Waals surface area contributed by atoms with E-state index in [1.54, 1.807) is 19.0 Å². The van der Waals surface area contributed by atoms with Crippen LogP contribution in [0.15, 0.2) is 0 Å². The van der Waals surface area contributed by atoms with Crippen LogP contribution in [0.1, 0.15) is 20.3 Å². The zero-order valence-corrected chi connectivity index (χ0v) is 9.11. The molecule has 1 amide bonds. The lowest BCUT2D eigenvalue weighted by Gasteiger charge is -2.23. The predicted molar refractivity (Wildman–Crippen MR) is 52.2 cm³/mol. The molecule has 5 heteroatoms. The fraction of sp³-hybridized carbons (Fsp3) is 0.778. The van der Waals surface area contributed by atoms with Gasteiger partial charge in [0, 0.05) is 0 Å². The van der Waals surface area contributed by atoms with E-state index in [1.165, 1.54) is 0 Å². The number of carbonyl (C=O) groups excluding carboxylic acids is 2. The summed E-state index contributed by atoms with van der Waals surface area (Å²) >= 11 is 0. The zero-order chi connectivity index (χ0) is 11.1. The molecule has 0 radical (unpaired) electrons. The van der Waals surface area contributed by atoms with Crippen molar-refractivity contribution in [1.82, 2.24) is 10.4 Å². The number of rotatable bonds is 6. The van der Waals surface area contributed by atoms with Crippen LogP contribution in [0.5, 0.6) is 0 Å². The minimum atomic E-state index is -0.434. The second kappa shape index (κ2) is 6.37. The van der Waals surface area contributed by atoms with Crippen molar-refractivity contribution in [3.63, 3.8) is 0 Å². The van der Waals surface area contributed by atoms with Crippen LogP contribution in [0, 0.1) is 5.92 Å². The van der Waals surface area contributed by atoms with Gasteiger partial charge in [-0.1, -0.05) is 13.8 Å². The Kier molecular flexibility index (Phi) is 5.87. The smallest absolute Gasteiger partial charge is 0.339 e. The minimum Gasteiger partial charge on any atom is -0.339 e. The molecule has 0 saturated heterocycles. The maximum absolute atomic E-state index is 11.4. The highest BCUT2D eigenvalue weighted by atomic mass is 16.7. The molecular weight excluding hydrogens is 184 g/mol. The SMILES string of the molecule is CC(C)C[C@@H](C(=O)ONC=O)N(C)C. The van der Waals surface area contributed by atoms with Gasteiger partial charge in [-0.05, 0) is 26.4 Å². The third-order valence-corrected chi connectivity index (χ3v) is 1.80. The van der Waals surface area contributed by atoms with E-state index in [4.69, 9.17) is 0 Å². The van der Waals surface area contributed by atoms with Crippen molar-refractivity contribution in [2.24, 2.45) is 5.92 Å². The maximum Gasteiger partial charge on any atom is 0.349 e. The topological polar surface area (TPSA) is 58.6 Å². The first-order valence-corrected chi connectivity index (χ1v) is 4.55. The molecule has 0 unspecified atom stereocenters. The van der Waals surface area contributed by atoms with Gasteiger partial charge in [-0.2, -0.15) is 5.48 Å². The summed E-state index contributed by atoms with van der Waals surface area (Å²) in [6.07, 6.45) is 1.03. The molecule has 0 rings (SSSR count). The number of hydrogen-bond donors (Lipinski definition) is 1. The molecule has 1 N–H and O–H groups in total. The lowest BCUT2D eigenvalue weighted by Crippen LogP contribution is -2.40. The number of amides is 1. The van der Waals surface area contributed by atoms with Gasteiger partial charge < -0.3 is 4.84 Å². The van der Waals surface area contributed by atoms with Crippen molar-refractivity contribution in [3.05, 3.63) is 0 Å². The summed E-state index contributed by atoms with van der Waals surface area (Å²) in [7, 11) is 3.60. The third kappa shape index (κ3) is 4.81. The van der Waals surface area contributed by atoms with Crippen molar-refractivity contribution < 1.29 is 14.4 Å². The molecule has 0 aliphatic rings. The fourth-order valence-corrected chi connectivity index (χ4v) is 1.11. The van der Waals surface area contributed by atoms with Gasteiger partial charge in [0.2, 0.25) is 6.41 Å². The van der Waals surface area contributed by atoms with Crippen molar-refractivity contribution in [1.29, 1.82) is 0 Å². The molecular formula is C9H18N2O3. The first-order chi connectivity index (χ1) is 6.49. The number of carbonyl (C=O) groups is 2. The van der Waals surface area contributed by atoms with Crippen LogP contribution in [0.25, 0.3) is 0 Å². The summed E-state index contributed by atoms with van der Waals surface area (Å²) in [6.45, 7) is 4.05. The van der Waals surface area contributed by atoms with Gasteiger partial charge in [0.1, 0.15) is 6.04 Å². The molecule has 0 aliphatic heterocycles. The first kappa shape index (κ1) is 12.9. The number of nitrogens with one attached hydrogen (secondary N) is 1. The normalized spacial score (nSPS) is 12.7. The Bertz CT molecular complexity index is 192.